The quantitative estimate of drug-likeness (QED) is 0.571. The normalized spacial score (nSPS) is 11.0. The lowest BCUT2D eigenvalue weighted by molar-refractivity contribution is -0.137. The fourth-order valence-corrected chi connectivity index (χ4v) is 2.52. The Hall–Kier alpha value is -3.68. The summed E-state index contributed by atoms with van der Waals surface area (Å²) < 4.78 is 37.8. The SMILES string of the molecule is CC(=O)c1cccc(NC(=O)c2ccc(Nc3ccc(C(F)(F)F)cc3)cn2)c1. The van der Waals surface area contributed by atoms with Gasteiger partial charge in [0.05, 0.1) is 17.4 Å². The third-order valence-electron chi connectivity index (χ3n) is 4.02. The van der Waals surface area contributed by atoms with Gasteiger partial charge in [-0.1, -0.05) is 12.1 Å². The fraction of sp³-hybridized carbons (Fsp3) is 0.0952. The molecule has 8 heteroatoms. The lowest BCUT2D eigenvalue weighted by atomic mass is 10.1. The molecule has 0 aliphatic rings. The second kappa shape index (κ2) is 8.14. The van der Waals surface area contributed by atoms with E-state index in [1.54, 1.807) is 30.3 Å². The smallest absolute Gasteiger partial charge is 0.354 e. The van der Waals surface area contributed by atoms with Crippen molar-refractivity contribution in [2.75, 3.05) is 10.6 Å². The molecule has 0 fully saturated rings. The first-order chi connectivity index (χ1) is 13.7. The van der Waals surface area contributed by atoms with Crippen LogP contribution in [-0.2, 0) is 6.18 Å². The van der Waals surface area contributed by atoms with Crippen LogP contribution in [0.15, 0.2) is 66.9 Å². The molecule has 0 radical (unpaired) electrons. The first kappa shape index (κ1) is 20.1. The first-order valence-corrected chi connectivity index (χ1v) is 8.55. The third-order valence-corrected chi connectivity index (χ3v) is 4.02. The van der Waals surface area contributed by atoms with E-state index in [-0.39, 0.29) is 11.5 Å². The van der Waals surface area contributed by atoms with Crippen LogP contribution in [-0.4, -0.2) is 16.7 Å². The summed E-state index contributed by atoms with van der Waals surface area (Å²) >= 11 is 0. The van der Waals surface area contributed by atoms with Crippen LogP contribution in [0, 0.1) is 0 Å². The van der Waals surface area contributed by atoms with Crippen LogP contribution in [0.25, 0.3) is 0 Å². The molecular formula is C21H16F3N3O2. The van der Waals surface area contributed by atoms with Gasteiger partial charge >= 0.3 is 6.18 Å². The predicted molar refractivity (Wildman–Crippen MR) is 103 cm³/mol. The fourth-order valence-electron chi connectivity index (χ4n) is 2.52. The molecule has 3 aromatic rings. The predicted octanol–water partition coefficient (Wildman–Crippen LogP) is 5.30. The summed E-state index contributed by atoms with van der Waals surface area (Å²) in [6, 6.07) is 14.2. The molecule has 0 aliphatic heterocycles. The maximum atomic E-state index is 12.6. The zero-order valence-electron chi connectivity index (χ0n) is 15.2. The molecule has 2 N–H and O–H groups in total. The number of Topliss-reactive ketones (excluding diaryl/α,β-unsaturated/α-hetero) is 1. The first-order valence-electron chi connectivity index (χ1n) is 8.55. The van der Waals surface area contributed by atoms with E-state index in [4.69, 9.17) is 0 Å². The van der Waals surface area contributed by atoms with E-state index in [9.17, 15) is 22.8 Å². The number of nitrogens with one attached hydrogen (secondary N) is 2. The van der Waals surface area contributed by atoms with Crippen LogP contribution in [0.4, 0.5) is 30.2 Å². The number of hydrogen-bond acceptors (Lipinski definition) is 4. The summed E-state index contributed by atoms with van der Waals surface area (Å²) in [5.74, 6) is -0.565. The van der Waals surface area contributed by atoms with Crippen molar-refractivity contribution in [2.45, 2.75) is 13.1 Å². The number of rotatable bonds is 5. The van der Waals surface area contributed by atoms with E-state index in [1.807, 2.05) is 0 Å². The number of carbonyl (C=O) groups excluding carboxylic acids is 2. The van der Waals surface area contributed by atoms with Gasteiger partial charge in [-0.2, -0.15) is 13.2 Å². The lowest BCUT2D eigenvalue weighted by Crippen LogP contribution is -2.14. The summed E-state index contributed by atoms with van der Waals surface area (Å²) in [6.45, 7) is 1.44. The van der Waals surface area contributed by atoms with Gasteiger partial charge < -0.3 is 10.6 Å². The van der Waals surface area contributed by atoms with Crippen LogP contribution >= 0.6 is 0 Å². The van der Waals surface area contributed by atoms with Crippen LogP contribution in [0.2, 0.25) is 0 Å². The Bertz CT molecular complexity index is 1030. The van der Waals surface area contributed by atoms with Crippen molar-refractivity contribution in [3.63, 3.8) is 0 Å². The molecule has 2 aromatic carbocycles. The zero-order valence-corrected chi connectivity index (χ0v) is 15.2. The van der Waals surface area contributed by atoms with Gasteiger partial charge in [-0.25, -0.2) is 4.98 Å². The zero-order chi connectivity index (χ0) is 21.0. The van der Waals surface area contributed by atoms with Crippen LogP contribution in [0.1, 0.15) is 33.3 Å². The van der Waals surface area contributed by atoms with E-state index in [0.29, 0.717) is 22.6 Å². The number of carbonyl (C=O) groups is 2. The van der Waals surface area contributed by atoms with Crippen LogP contribution in [0.5, 0.6) is 0 Å². The molecule has 1 heterocycles. The van der Waals surface area contributed by atoms with E-state index in [1.165, 1.54) is 31.3 Å². The highest BCUT2D eigenvalue weighted by Crippen LogP contribution is 2.30. The standard InChI is InChI=1S/C21H16F3N3O2/c1-13(28)14-3-2-4-17(11-14)27-20(29)19-10-9-18(12-25-19)26-16-7-5-15(6-8-16)21(22,23)24/h2-12,26H,1H3,(H,27,29). The minimum absolute atomic E-state index is 0.113. The summed E-state index contributed by atoms with van der Waals surface area (Å²) in [7, 11) is 0. The van der Waals surface area contributed by atoms with E-state index < -0.39 is 17.6 Å². The average molecular weight is 399 g/mol. The number of hydrogen-bond donors (Lipinski definition) is 2. The van der Waals surface area contributed by atoms with Crippen molar-refractivity contribution in [2.24, 2.45) is 0 Å². The summed E-state index contributed by atoms with van der Waals surface area (Å²) in [5.41, 5.74) is 1.33. The number of nitrogens with zero attached hydrogens (tertiary/aromatic N) is 1. The summed E-state index contributed by atoms with van der Waals surface area (Å²) in [6.07, 6.45) is -2.99. The maximum Gasteiger partial charge on any atom is 0.416 e. The Morgan fingerprint density at radius 3 is 2.17 bits per heavy atom. The van der Waals surface area contributed by atoms with Crippen molar-refractivity contribution in [3.8, 4) is 0 Å². The second-order valence-electron chi connectivity index (χ2n) is 6.22. The van der Waals surface area contributed by atoms with Crippen molar-refractivity contribution in [3.05, 3.63) is 83.7 Å². The molecule has 0 atom stereocenters. The minimum atomic E-state index is -4.39. The number of benzene rings is 2. The molecular weight excluding hydrogens is 383 g/mol. The molecule has 148 valence electrons. The summed E-state index contributed by atoms with van der Waals surface area (Å²) in [4.78, 5) is 27.8. The molecule has 0 saturated heterocycles. The van der Waals surface area contributed by atoms with Gasteiger partial charge in [-0.05, 0) is 55.5 Å². The Morgan fingerprint density at radius 2 is 1.59 bits per heavy atom. The lowest BCUT2D eigenvalue weighted by Gasteiger charge is -2.10. The highest BCUT2D eigenvalue weighted by atomic mass is 19.4. The molecule has 29 heavy (non-hydrogen) atoms. The highest BCUT2D eigenvalue weighted by Gasteiger charge is 2.29. The minimum Gasteiger partial charge on any atom is -0.354 e. The summed E-state index contributed by atoms with van der Waals surface area (Å²) in [5, 5.41) is 5.58. The van der Waals surface area contributed by atoms with Gasteiger partial charge in [0.1, 0.15) is 5.69 Å². The van der Waals surface area contributed by atoms with Gasteiger partial charge in [0.2, 0.25) is 0 Å². The van der Waals surface area contributed by atoms with Gasteiger partial charge in [0.15, 0.2) is 5.78 Å². The Kier molecular flexibility index (Phi) is 5.63. The second-order valence-corrected chi connectivity index (χ2v) is 6.22. The molecule has 0 bridgehead atoms. The van der Waals surface area contributed by atoms with Crippen molar-refractivity contribution >= 4 is 28.8 Å². The maximum absolute atomic E-state index is 12.6. The van der Waals surface area contributed by atoms with Crippen molar-refractivity contribution < 1.29 is 22.8 Å². The van der Waals surface area contributed by atoms with Crippen LogP contribution in [0.3, 0.4) is 0 Å². The molecule has 0 spiro atoms. The largest absolute Gasteiger partial charge is 0.416 e. The topological polar surface area (TPSA) is 71.1 Å². The van der Waals surface area contributed by atoms with Gasteiger partial charge in [0.25, 0.3) is 5.91 Å². The van der Waals surface area contributed by atoms with Crippen molar-refractivity contribution in [1.29, 1.82) is 0 Å². The molecule has 3 rings (SSSR count). The number of alkyl halides is 3. The average Bonchev–Trinajstić information content (AvgIpc) is 2.68. The number of halogens is 3. The molecule has 1 amide bonds. The Balaban J connectivity index is 1.66. The van der Waals surface area contributed by atoms with Crippen molar-refractivity contribution in [1.82, 2.24) is 4.98 Å². The van der Waals surface area contributed by atoms with Crippen LogP contribution < -0.4 is 10.6 Å². The Labute approximate surface area is 164 Å². The number of ketones is 1. The van der Waals surface area contributed by atoms with Gasteiger partial charge in [0, 0.05) is 16.9 Å². The number of anilines is 3. The van der Waals surface area contributed by atoms with Gasteiger partial charge in [-0.3, -0.25) is 9.59 Å². The molecule has 0 aliphatic carbocycles. The van der Waals surface area contributed by atoms with Gasteiger partial charge in [-0.15, -0.1) is 0 Å². The Morgan fingerprint density at radius 1 is 0.897 bits per heavy atom. The van der Waals surface area contributed by atoms with E-state index in [2.05, 4.69) is 15.6 Å². The number of aromatic nitrogens is 1. The monoisotopic (exact) mass is 399 g/mol. The highest BCUT2D eigenvalue weighted by molar-refractivity contribution is 6.04. The van der Waals surface area contributed by atoms with E-state index >= 15 is 0 Å². The molecule has 5 nitrogen and oxygen atoms in total. The van der Waals surface area contributed by atoms with E-state index in [0.717, 1.165) is 12.1 Å². The molecule has 0 unspecified atom stereocenters. The molecule has 0 saturated carbocycles. The number of amides is 1. The molecule has 1 aromatic heterocycles. The number of pyridine rings is 1. The third kappa shape index (κ3) is 5.19.